The van der Waals surface area contributed by atoms with Crippen molar-refractivity contribution >= 4 is 11.8 Å². The summed E-state index contributed by atoms with van der Waals surface area (Å²) in [7, 11) is 0. The van der Waals surface area contributed by atoms with E-state index in [-0.39, 0.29) is 23.9 Å². The molecule has 0 aromatic heterocycles. The molecule has 0 aromatic rings. The van der Waals surface area contributed by atoms with Crippen molar-refractivity contribution in [2.24, 2.45) is 5.92 Å². The summed E-state index contributed by atoms with van der Waals surface area (Å²) < 4.78 is 0. The van der Waals surface area contributed by atoms with Crippen LogP contribution in [0.1, 0.15) is 71.1 Å². The van der Waals surface area contributed by atoms with Crippen molar-refractivity contribution in [1.82, 2.24) is 10.2 Å². The second kappa shape index (κ2) is 6.47. The molecule has 0 aromatic carbocycles. The fraction of sp³-hybridized carbons (Fsp3) is 0.882. The summed E-state index contributed by atoms with van der Waals surface area (Å²) in [4.78, 5) is 26.6. The number of likely N-dealkylation sites (tertiary alicyclic amines) is 1. The van der Waals surface area contributed by atoms with Gasteiger partial charge in [-0.15, -0.1) is 0 Å². The lowest BCUT2D eigenvalue weighted by atomic mass is 10.0. The van der Waals surface area contributed by atoms with E-state index in [1.807, 2.05) is 0 Å². The number of carbonyl (C=O) groups is 2. The lowest BCUT2D eigenvalue weighted by Crippen LogP contribution is -2.47. The Morgan fingerprint density at radius 3 is 2.29 bits per heavy atom. The van der Waals surface area contributed by atoms with E-state index in [9.17, 15) is 9.59 Å². The molecule has 118 valence electrons. The predicted molar refractivity (Wildman–Crippen MR) is 81.7 cm³/mol. The number of nitrogens with zero attached hydrogens (tertiary/aromatic N) is 1. The topological polar surface area (TPSA) is 49.4 Å². The van der Waals surface area contributed by atoms with Gasteiger partial charge >= 0.3 is 0 Å². The molecule has 1 saturated heterocycles. The van der Waals surface area contributed by atoms with Crippen LogP contribution in [0.2, 0.25) is 0 Å². The monoisotopic (exact) mass is 292 g/mol. The van der Waals surface area contributed by atoms with Crippen LogP contribution < -0.4 is 5.32 Å². The Kier molecular flexibility index (Phi) is 4.63. The molecule has 0 bridgehead atoms. The molecule has 4 heteroatoms. The van der Waals surface area contributed by atoms with Crippen LogP contribution in [-0.2, 0) is 9.59 Å². The SMILES string of the molecule is CC1CCCC1NC1CC(=O)N(C2CCCCCC2)C1=O. The fourth-order valence-electron chi connectivity index (χ4n) is 4.33. The summed E-state index contributed by atoms with van der Waals surface area (Å²) in [5.41, 5.74) is 0. The van der Waals surface area contributed by atoms with Gasteiger partial charge in [0.1, 0.15) is 0 Å². The van der Waals surface area contributed by atoms with Crippen molar-refractivity contribution in [2.45, 2.75) is 89.3 Å². The first-order valence-electron chi connectivity index (χ1n) is 8.79. The van der Waals surface area contributed by atoms with E-state index in [0.29, 0.717) is 18.4 Å². The fourth-order valence-corrected chi connectivity index (χ4v) is 4.33. The van der Waals surface area contributed by atoms with Crippen LogP contribution in [0, 0.1) is 5.92 Å². The van der Waals surface area contributed by atoms with Crippen molar-refractivity contribution in [3.63, 3.8) is 0 Å². The predicted octanol–water partition coefficient (Wildman–Crippen LogP) is 2.61. The first-order valence-corrected chi connectivity index (χ1v) is 8.79. The molecule has 1 heterocycles. The first-order chi connectivity index (χ1) is 10.2. The average Bonchev–Trinajstić information content (AvgIpc) is 2.85. The van der Waals surface area contributed by atoms with Gasteiger partial charge in [-0.25, -0.2) is 0 Å². The summed E-state index contributed by atoms with van der Waals surface area (Å²) in [6.07, 6.45) is 10.8. The van der Waals surface area contributed by atoms with E-state index in [4.69, 9.17) is 0 Å². The normalized spacial score (nSPS) is 35.5. The zero-order valence-electron chi connectivity index (χ0n) is 13.1. The summed E-state index contributed by atoms with van der Waals surface area (Å²) in [5.74, 6) is 0.723. The highest BCUT2D eigenvalue weighted by atomic mass is 16.2. The van der Waals surface area contributed by atoms with E-state index in [1.165, 1.54) is 25.7 Å². The standard InChI is InChI=1S/C17H28N2O2/c1-12-7-6-10-14(12)18-15-11-16(20)19(17(15)21)13-8-4-2-3-5-9-13/h12-15,18H,2-11H2,1H3. The molecule has 3 aliphatic rings. The van der Waals surface area contributed by atoms with Gasteiger partial charge in [0.25, 0.3) is 0 Å². The number of carbonyl (C=O) groups excluding carboxylic acids is 2. The van der Waals surface area contributed by atoms with Gasteiger partial charge in [0.2, 0.25) is 11.8 Å². The van der Waals surface area contributed by atoms with Crippen LogP contribution in [-0.4, -0.2) is 34.8 Å². The van der Waals surface area contributed by atoms with Gasteiger partial charge in [-0.05, 0) is 31.6 Å². The highest BCUT2D eigenvalue weighted by Crippen LogP contribution is 2.29. The minimum atomic E-state index is -0.258. The summed E-state index contributed by atoms with van der Waals surface area (Å²) >= 11 is 0. The average molecular weight is 292 g/mol. The molecular formula is C17H28N2O2. The zero-order chi connectivity index (χ0) is 14.8. The summed E-state index contributed by atoms with van der Waals surface area (Å²) in [6.45, 7) is 2.25. The molecule has 0 radical (unpaired) electrons. The van der Waals surface area contributed by atoms with Crippen molar-refractivity contribution in [3.8, 4) is 0 Å². The third-order valence-corrected chi connectivity index (χ3v) is 5.65. The number of nitrogens with one attached hydrogen (secondary N) is 1. The van der Waals surface area contributed by atoms with Crippen LogP contribution in [0.25, 0.3) is 0 Å². The van der Waals surface area contributed by atoms with Gasteiger partial charge < -0.3 is 5.32 Å². The molecule has 2 saturated carbocycles. The third kappa shape index (κ3) is 3.15. The van der Waals surface area contributed by atoms with Crippen molar-refractivity contribution in [3.05, 3.63) is 0 Å². The van der Waals surface area contributed by atoms with Gasteiger partial charge in [-0.2, -0.15) is 0 Å². The van der Waals surface area contributed by atoms with Gasteiger partial charge in [0.05, 0.1) is 12.5 Å². The molecule has 0 spiro atoms. The highest BCUT2D eigenvalue weighted by Gasteiger charge is 2.43. The van der Waals surface area contributed by atoms with Crippen molar-refractivity contribution < 1.29 is 9.59 Å². The van der Waals surface area contributed by atoms with Crippen molar-refractivity contribution in [1.29, 1.82) is 0 Å². The molecule has 2 aliphatic carbocycles. The number of hydrogen-bond acceptors (Lipinski definition) is 3. The van der Waals surface area contributed by atoms with E-state index in [1.54, 1.807) is 4.90 Å². The minimum absolute atomic E-state index is 0.0472. The van der Waals surface area contributed by atoms with Gasteiger partial charge in [0.15, 0.2) is 0 Å². The number of amides is 2. The van der Waals surface area contributed by atoms with Crippen LogP contribution in [0.4, 0.5) is 0 Å². The van der Waals surface area contributed by atoms with Gasteiger partial charge in [-0.3, -0.25) is 14.5 Å². The zero-order valence-corrected chi connectivity index (χ0v) is 13.1. The molecule has 4 nitrogen and oxygen atoms in total. The van der Waals surface area contributed by atoms with Crippen molar-refractivity contribution in [2.75, 3.05) is 0 Å². The Morgan fingerprint density at radius 2 is 1.67 bits per heavy atom. The second-order valence-corrected chi connectivity index (χ2v) is 7.19. The molecule has 3 atom stereocenters. The molecule has 2 amide bonds. The van der Waals surface area contributed by atoms with Gasteiger partial charge in [0, 0.05) is 12.1 Å². The molecule has 3 rings (SSSR count). The molecular weight excluding hydrogens is 264 g/mol. The number of rotatable bonds is 3. The Bertz CT molecular complexity index is 402. The lowest BCUT2D eigenvalue weighted by Gasteiger charge is -2.26. The first kappa shape index (κ1) is 15.0. The quantitative estimate of drug-likeness (QED) is 0.642. The van der Waals surface area contributed by atoms with E-state index in [2.05, 4.69) is 12.2 Å². The number of hydrogen-bond donors (Lipinski definition) is 1. The maximum Gasteiger partial charge on any atom is 0.247 e. The second-order valence-electron chi connectivity index (χ2n) is 7.19. The number of imide groups is 1. The van der Waals surface area contributed by atoms with Crippen LogP contribution in [0.3, 0.4) is 0 Å². The maximum absolute atomic E-state index is 12.7. The molecule has 1 aliphatic heterocycles. The smallest absolute Gasteiger partial charge is 0.247 e. The Labute approximate surface area is 127 Å². The summed E-state index contributed by atoms with van der Waals surface area (Å²) in [6, 6.07) is 0.326. The van der Waals surface area contributed by atoms with Crippen LogP contribution in [0.15, 0.2) is 0 Å². The van der Waals surface area contributed by atoms with Crippen LogP contribution in [0.5, 0.6) is 0 Å². The molecule has 3 unspecified atom stereocenters. The Hall–Kier alpha value is -0.900. The molecule has 21 heavy (non-hydrogen) atoms. The summed E-state index contributed by atoms with van der Waals surface area (Å²) in [5, 5.41) is 3.48. The van der Waals surface area contributed by atoms with E-state index < -0.39 is 0 Å². The largest absolute Gasteiger partial charge is 0.302 e. The van der Waals surface area contributed by atoms with E-state index >= 15 is 0 Å². The lowest BCUT2D eigenvalue weighted by molar-refractivity contribution is -0.141. The highest BCUT2D eigenvalue weighted by molar-refractivity contribution is 6.05. The van der Waals surface area contributed by atoms with Gasteiger partial charge in [-0.1, -0.05) is 39.0 Å². The Morgan fingerprint density at radius 1 is 0.952 bits per heavy atom. The van der Waals surface area contributed by atoms with Crippen LogP contribution >= 0.6 is 0 Å². The Balaban J connectivity index is 1.64. The molecule has 1 N–H and O–H groups in total. The molecule has 3 fully saturated rings. The maximum atomic E-state index is 12.7. The third-order valence-electron chi connectivity index (χ3n) is 5.65. The minimum Gasteiger partial charge on any atom is -0.302 e. The van der Waals surface area contributed by atoms with E-state index in [0.717, 1.165) is 32.1 Å².